The molecule has 3 heteroatoms. The van der Waals surface area contributed by atoms with Gasteiger partial charge in [0.05, 0.1) is 1.37 Å². The highest BCUT2D eigenvalue weighted by Gasteiger charge is 2.26. The molecule has 9 heavy (non-hydrogen) atoms. The summed E-state index contributed by atoms with van der Waals surface area (Å²) in [6, 6.07) is 0. The van der Waals surface area contributed by atoms with Crippen molar-refractivity contribution in [2.24, 2.45) is 0 Å². The Morgan fingerprint density at radius 2 is 2.89 bits per heavy atom. The summed E-state index contributed by atoms with van der Waals surface area (Å²) in [5.74, 6) is -1.19. The van der Waals surface area contributed by atoms with E-state index in [0.29, 0.717) is 4.90 Å². The van der Waals surface area contributed by atoms with Crippen LogP contribution in [0.1, 0.15) is 26.5 Å². The van der Waals surface area contributed by atoms with Gasteiger partial charge in [0.1, 0.15) is 6.20 Å². The van der Waals surface area contributed by atoms with Gasteiger partial charge in [-0.1, -0.05) is 0 Å². The van der Waals surface area contributed by atoms with Crippen molar-refractivity contribution in [3.63, 3.8) is 0 Å². The van der Waals surface area contributed by atoms with Crippen LogP contribution >= 0.6 is 0 Å². The molecule has 0 aromatic heterocycles. The fourth-order valence-electron chi connectivity index (χ4n) is 0.634. The lowest BCUT2D eigenvalue weighted by Crippen LogP contribution is -2.32. The number of hydrogen-bond donors (Lipinski definition) is 1. The lowest BCUT2D eigenvalue weighted by Gasteiger charge is -2.16. The molecule has 0 aromatic rings. The number of nitrogens with zero attached hydrogens (tertiary/aromatic N) is 1. The first-order valence-corrected chi connectivity index (χ1v) is 2.65. The van der Waals surface area contributed by atoms with Crippen molar-refractivity contribution in [3.05, 3.63) is 0 Å². The molecule has 1 rings (SSSR count). The summed E-state index contributed by atoms with van der Waals surface area (Å²) in [7, 11) is 0. The molecule has 3 nitrogen and oxygen atoms in total. The summed E-state index contributed by atoms with van der Waals surface area (Å²) < 4.78 is 36.2. The molecule has 1 saturated heterocycles. The molecule has 1 aliphatic rings. The van der Waals surface area contributed by atoms with Gasteiger partial charge in [-0.3, -0.25) is 4.79 Å². The first kappa shape index (κ1) is 2.58. The molecule has 1 atom stereocenters. The van der Waals surface area contributed by atoms with Crippen molar-refractivity contribution in [1.29, 1.82) is 0 Å². The molecule has 0 aliphatic carbocycles. The summed E-state index contributed by atoms with van der Waals surface area (Å²) in [5, 5.41) is 9.44. The predicted molar refractivity (Wildman–Crippen MR) is 32.6 cm³/mol. The molecule has 0 aromatic carbocycles. The number of carbonyl (C=O) groups is 1. The van der Waals surface area contributed by atoms with Crippen LogP contribution in [0.25, 0.3) is 0 Å². The zero-order valence-corrected chi connectivity index (χ0v) is 5.01. The van der Waals surface area contributed by atoms with E-state index in [4.69, 9.17) is 6.85 Å². The highest BCUT2D eigenvalue weighted by molar-refractivity contribution is 5.78. The van der Waals surface area contributed by atoms with Crippen LogP contribution in [0.5, 0.6) is 0 Å². The van der Waals surface area contributed by atoms with E-state index >= 15 is 0 Å². The van der Waals surface area contributed by atoms with Crippen molar-refractivity contribution in [2.75, 3.05) is 6.54 Å². The van der Waals surface area contributed by atoms with Crippen LogP contribution in [-0.4, -0.2) is 28.7 Å². The maximum atomic E-state index is 11.3. The minimum atomic E-state index is -2.94. The van der Waals surface area contributed by atoms with Gasteiger partial charge in [-0.2, -0.15) is 0 Å². The van der Waals surface area contributed by atoms with Crippen molar-refractivity contribution in [3.8, 4) is 0 Å². The van der Waals surface area contributed by atoms with E-state index in [9.17, 15) is 9.90 Å². The van der Waals surface area contributed by atoms with Crippen LogP contribution in [0, 0.1) is 0 Å². The summed E-state index contributed by atoms with van der Waals surface area (Å²) in [6.07, 6.45) is -8.64. The summed E-state index contributed by atoms with van der Waals surface area (Å²) in [4.78, 5) is 11.8. The van der Waals surface area contributed by atoms with Gasteiger partial charge in [0.25, 0.3) is 0 Å². The SMILES string of the molecule is [2H]C1([2H])C(=O)N(CC)C([2H])(O)C1([2H])[2H]. The molecule has 1 heterocycles. The lowest BCUT2D eigenvalue weighted by molar-refractivity contribution is -0.132. The Morgan fingerprint density at radius 3 is 3.11 bits per heavy atom. The number of carbonyl (C=O) groups excluding carboxylic acids is 1. The highest BCUT2D eigenvalue weighted by Crippen LogP contribution is 2.14. The average molecular weight is 134 g/mol. The molecule has 1 unspecified atom stereocenters. The number of hydrogen-bond acceptors (Lipinski definition) is 2. The first-order valence-electron chi connectivity index (χ1n) is 5.15. The maximum Gasteiger partial charge on any atom is 0.224 e. The van der Waals surface area contributed by atoms with Gasteiger partial charge in [0.2, 0.25) is 5.91 Å². The van der Waals surface area contributed by atoms with Gasteiger partial charge in [0.15, 0.2) is 0 Å². The average Bonchev–Trinajstić information content (AvgIpc) is 2.10. The molecule has 1 N–H and O–H groups in total. The summed E-state index contributed by atoms with van der Waals surface area (Å²) >= 11 is 0. The fourth-order valence-corrected chi connectivity index (χ4v) is 0.634. The van der Waals surface area contributed by atoms with E-state index in [1.165, 1.54) is 6.92 Å². The van der Waals surface area contributed by atoms with Crippen LogP contribution in [0.15, 0.2) is 0 Å². The van der Waals surface area contributed by atoms with Crippen LogP contribution in [0.3, 0.4) is 0 Å². The molecular weight excluding hydrogens is 118 g/mol. The van der Waals surface area contributed by atoms with Crippen LogP contribution < -0.4 is 0 Å². The second-order valence-corrected chi connectivity index (χ2v) is 1.62. The maximum absolute atomic E-state index is 11.3. The molecule has 1 amide bonds. The Morgan fingerprint density at radius 1 is 2.22 bits per heavy atom. The fraction of sp³-hybridized carbons (Fsp3) is 0.833. The Bertz CT molecular complexity index is 277. The quantitative estimate of drug-likeness (QED) is 0.546. The van der Waals surface area contributed by atoms with Gasteiger partial charge in [-0.05, 0) is 6.92 Å². The lowest BCUT2D eigenvalue weighted by atomic mass is 10.4. The van der Waals surface area contributed by atoms with Gasteiger partial charge in [-0.25, -0.2) is 0 Å². The molecule has 0 radical (unpaired) electrons. The van der Waals surface area contributed by atoms with Crippen molar-refractivity contribution < 1.29 is 16.8 Å². The zero-order chi connectivity index (χ0) is 11.4. The third-order valence-electron chi connectivity index (χ3n) is 1.10. The molecule has 1 aliphatic heterocycles. The smallest absolute Gasteiger partial charge is 0.224 e. The van der Waals surface area contributed by atoms with E-state index in [-0.39, 0.29) is 6.54 Å². The summed E-state index contributed by atoms with van der Waals surface area (Å²) in [5.41, 5.74) is 0. The van der Waals surface area contributed by atoms with E-state index in [2.05, 4.69) is 0 Å². The molecule has 0 bridgehead atoms. The third-order valence-corrected chi connectivity index (χ3v) is 1.10. The van der Waals surface area contributed by atoms with Crippen LogP contribution in [0.4, 0.5) is 0 Å². The van der Waals surface area contributed by atoms with Gasteiger partial charge < -0.3 is 10.0 Å². The number of likely N-dealkylation sites (tertiary alicyclic amines) is 1. The summed E-state index contributed by atoms with van der Waals surface area (Å²) in [6.45, 7) is 1.33. The first-order chi connectivity index (χ1) is 6.10. The molecule has 0 saturated carbocycles. The Kier molecular flexibility index (Phi) is 0.674. The van der Waals surface area contributed by atoms with Gasteiger partial charge in [-0.15, -0.1) is 0 Å². The van der Waals surface area contributed by atoms with E-state index in [1.54, 1.807) is 0 Å². The van der Waals surface area contributed by atoms with Crippen LogP contribution in [-0.2, 0) is 4.79 Å². The van der Waals surface area contributed by atoms with Crippen molar-refractivity contribution in [2.45, 2.75) is 25.9 Å². The monoisotopic (exact) mass is 134 g/mol. The predicted octanol–water partition coefficient (Wildman–Crippen LogP) is -0.0529. The zero-order valence-electron chi connectivity index (χ0n) is 10.0. The second kappa shape index (κ2) is 2.35. The molecular formula is C6H11NO2. The number of aliphatic hydroxyl groups is 1. The topological polar surface area (TPSA) is 40.5 Å². The third kappa shape index (κ3) is 1.05. The normalized spacial score (nSPS) is 55.1. The highest BCUT2D eigenvalue weighted by atomic mass is 16.3. The standard InChI is InChI=1S/C6H11NO2/c1-2-7-5(8)3-4-6(7)9/h5,8H,2-4H2,1H3/i3D2,4D2,5D. The Hall–Kier alpha value is -0.570. The number of amides is 1. The molecule has 52 valence electrons. The van der Waals surface area contributed by atoms with Gasteiger partial charge in [0, 0.05) is 24.8 Å². The Balaban J connectivity index is 3.30. The van der Waals surface area contributed by atoms with E-state index < -0.39 is 24.9 Å². The molecule has 0 spiro atoms. The molecule has 1 fully saturated rings. The largest absolute Gasteiger partial charge is 0.374 e. The minimum absolute atomic E-state index is 0.113. The number of rotatable bonds is 1. The van der Waals surface area contributed by atoms with Crippen molar-refractivity contribution in [1.82, 2.24) is 4.90 Å². The van der Waals surface area contributed by atoms with E-state index in [1.807, 2.05) is 0 Å². The van der Waals surface area contributed by atoms with Gasteiger partial charge >= 0.3 is 0 Å². The minimum Gasteiger partial charge on any atom is -0.374 e. The Labute approximate surface area is 61.3 Å². The second-order valence-electron chi connectivity index (χ2n) is 1.62. The van der Waals surface area contributed by atoms with E-state index in [0.717, 1.165) is 0 Å². The van der Waals surface area contributed by atoms with Crippen molar-refractivity contribution >= 4 is 5.91 Å². The van der Waals surface area contributed by atoms with Crippen LogP contribution in [0.2, 0.25) is 0 Å².